The molecule has 12 nitrogen and oxygen atoms in total. The molecular weight excluding hydrogens is 704 g/mol. The number of hydrogen-bond donors (Lipinski definition) is 2. The number of ether oxygens (including phenoxy) is 6. The molecule has 2 amide bonds. The molecule has 55 heavy (non-hydrogen) atoms. The highest BCUT2D eigenvalue weighted by Gasteiger charge is 2.24. The van der Waals surface area contributed by atoms with Crippen LogP contribution >= 0.6 is 0 Å². The number of unbranched alkanes of at least 4 members (excludes halogenated alkanes) is 6. The average molecular weight is 767 g/mol. The van der Waals surface area contributed by atoms with Crippen LogP contribution < -0.4 is 20.1 Å². The topological polar surface area (TPSA) is 148 Å². The fraction of sp³-hybridized carbons (Fsp3) is 0.535. The standard InChI is InChI=1S/C43H62N2O10/c1-9-11-13-15-25-44-41(48)54-37(29-52-39(46)31(3)4)27-50-35-21-17-33(18-22-35)43(7,8)34-19-23-36(24-20-34)51-28-38(30-53-40(47)32(5)6)55-42(49)45-26-16-14-12-10-2/h17-24,37-38H,3,5,9-16,25-30H2,1-2,4,6-8H3,(H,44,48)(H,45,49). The molecule has 0 fully saturated rings. The Labute approximate surface area is 327 Å². The first kappa shape index (κ1) is 46.2. The second-order valence-corrected chi connectivity index (χ2v) is 14.1. The van der Waals surface area contributed by atoms with E-state index in [2.05, 4.69) is 51.5 Å². The van der Waals surface area contributed by atoms with Gasteiger partial charge in [-0.1, -0.05) is 104 Å². The van der Waals surface area contributed by atoms with Crippen LogP contribution in [0.25, 0.3) is 0 Å². The lowest BCUT2D eigenvalue weighted by Crippen LogP contribution is -2.36. The van der Waals surface area contributed by atoms with Crippen LogP contribution in [-0.2, 0) is 34.0 Å². The molecule has 0 bridgehead atoms. The van der Waals surface area contributed by atoms with Crippen molar-refractivity contribution in [3.05, 3.63) is 84.0 Å². The lowest BCUT2D eigenvalue weighted by atomic mass is 9.78. The van der Waals surface area contributed by atoms with Gasteiger partial charge in [0.1, 0.15) is 37.9 Å². The summed E-state index contributed by atoms with van der Waals surface area (Å²) in [7, 11) is 0. The number of hydrogen-bond acceptors (Lipinski definition) is 10. The van der Waals surface area contributed by atoms with Gasteiger partial charge in [-0.3, -0.25) is 0 Å². The Kier molecular flexibility index (Phi) is 21.1. The molecule has 0 aromatic heterocycles. The van der Waals surface area contributed by atoms with Crippen molar-refractivity contribution in [2.75, 3.05) is 39.5 Å². The molecule has 0 saturated heterocycles. The lowest BCUT2D eigenvalue weighted by molar-refractivity contribution is -0.143. The summed E-state index contributed by atoms with van der Waals surface area (Å²) in [5.41, 5.74) is 2.13. The van der Waals surface area contributed by atoms with E-state index in [1.54, 1.807) is 13.8 Å². The predicted octanol–water partition coefficient (Wildman–Crippen LogP) is 8.36. The number of benzene rings is 2. The minimum Gasteiger partial charge on any atom is -0.490 e. The summed E-state index contributed by atoms with van der Waals surface area (Å²) in [5.74, 6) is -0.0437. The van der Waals surface area contributed by atoms with E-state index < -0.39 is 41.7 Å². The first-order valence-electron chi connectivity index (χ1n) is 19.3. The molecule has 2 rings (SSSR count). The molecule has 2 atom stereocenters. The summed E-state index contributed by atoms with van der Waals surface area (Å²) < 4.78 is 33.4. The van der Waals surface area contributed by atoms with Gasteiger partial charge in [0.25, 0.3) is 0 Å². The maximum Gasteiger partial charge on any atom is 0.407 e. The van der Waals surface area contributed by atoms with Crippen LogP contribution in [-0.4, -0.2) is 75.9 Å². The maximum absolute atomic E-state index is 12.4. The van der Waals surface area contributed by atoms with Crippen molar-refractivity contribution in [2.24, 2.45) is 0 Å². The minimum atomic E-state index is -0.832. The van der Waals surface area contributed by atoms with Crippen molar-refractivity contribution in [3.8, 4) is 11.5 Å². The van der Waals surface area contributed by atoms with Gasteiger partial charge in [0, 0.05) is 29.7 Å². The van der Waals surface area contributed by atoms with Crippen LogP contribution in [0.5, 0.6) is 11.5 Å². The number of alkyl carbamates (subject to hydrolysis) is 2. The van der Waals surface area contributed by atoms with E-state index in [0.29, 0.717) is 24.6 Å². The molecule has 0 radical (unpaired) electrons. The molecule has 0 aliphatic heterocycles. The fourth-order valence-corrected chi connectivity index (χ4v) is 5.17. The zero-order chi connectivity index (χ0) is 40.6. The smallest absolute Gasteiger partial charge is 0.407 e. The van der Waals surface area contributed by atoms with Crippen molar-refractivity contribution in [1.82, 2.24) is 10.6 Å². The third-order valence-electron chi connectivity index (χ3n) is 8.67. The van der Waals surface area contributed by atoms with Crippen molar-refractivity contribution in [1.29, 1.82) is 0 Å². The largest absolute Gasteiger partial charge is 0.490 e. The van der Waals surface area contributed by atoms with Crippen LogP contribution in [0.15, 0.2) is 72.8 Å². The summed E-state index contributed by atoms with van der Waals surface area (Å²) in [6.45, 7) is 19.3. The first-order chi connectivity index (χ1) is 26.3. The van der Waals surface area contributed by atoms with Gasteiger partial charge >= 0.3 is 24.1 Å². The Morgan fingerprint density at radius 3 is 1.27 bits per heavy atom. The number of rotatable bonds is 26. The van der Waals surface area contributed by atoms with Gasteiger partial charge in [-0.15, -0.1) is 0 Å². The third-order valence-corrected chi connectivity index (χ3v) is 8.67. The van der Waals surface area contributed by atoms with Crippen LogP contribution in [0.4, 0.5) is 9.59 Å². The van der Waals surface area contributed by atoms with E-state index in [4.69, 9.17) is 28.4 Å². The first-order valence-corrected chi connectivity index (χ1v) is 19.3. The van der Waals surface area contributed by atoms with Crippen molar-refractivity contribution >= 4 is 24.1 Å². The van der Waals surface area contributed by atoms with E-state index in [0.717, 1.165) is 62.5 Å². The third kappa shape index (κ3) is 18.3. The maximum atomic E-state index is 12.4. The van der Waals surface area contributed by atoms with Crippen molar-refractivity contribution < 1.29 is 47.6 Å². The number of nitrogens with one attached hydrogen (secondary N) is 2. The highest BCUT2D eigenvalue weighted by Crippen LogP contribution is 2.33. The van der Waals surface area contributed by atoms with Gasteiger partial charge < -0.3 is 39.1 Å². The molecule has 0 saturated carbocycles. The molecular formula is C43H62N2O10. The number of esters is 2. The zero-order valence-electron chi connectivity index (χ0n) is 33.7. The summed E-state index contributed by atoms with van der Waals surface area (Å²) in [4.78, 5) is 48.8. The molecule has 2 aromatic rings. The summed E-state index contributed by atoms with van der Waals surface area (Å²) in [6.07, 6.45) is 5.26. The SMILES string of the molecule is C=C(C)C(=O)OCC(COc1ccc(C(C)(C)c2ccc(OCC(COC(=O)C(=C)C)OC(=O)NCCCCCC)cc2)cc1)OC(=O)NCCCCCC. The molecule has 2 N–H and O–H groups in total. The van der Waals surface area contributed by atoms with Crippen LogP contribution in [0.3, 0.4) is 0 Å². The molecule has 0 spiro atoms. The van der Waals surface area contributed by atoms with Crippen LogP contribution in [0, 0.1) is 0 Å². The Morgan fingerprint density at radius 2 is 0.945 bits per heavy atom. The minimum absolute atomic E-state index is 0.0249. The molecule has 0 aliphatic rings. The quantitative estimate of drug-likeness (QED) is 0.0414. The average Bonchev–Trinajstić information content (AvgIpc) is 3.16. The van der Waals surface area contributed by atoms with Crippen molar-refractivity contribution in [3.63, 3.8) is 0 Å². The zero-order valence-corrected chi connectivity index (χ0v) is 33.7. The molecule has 2 unspecified atom stereocenters. The number of carbonyl (C=O) groups excluding carboxylic acids is 4. The monoisotopic (exact) mass is 766 g/mol. The highest BCUT2D eigenvalue weighted by atomic mass is 16.6. The fourth-order valence-electron chi connectivity index (χ4n) is 5.17. The second kappa shape index (κ2) is 25.1. The number of carbonyl (C=O) groups is 4. The van der Waals surface area contributed by atoms with Gasteiger partial charge in [-0.25, -0.2) is 19.2 Å². The molecule has 12 heteroatoms. The van der Waals surface area contributed by atoms with Gasteiger partial charge in [-0.05, 0) is 62.1 Å². The Morgan fingerprint density at radius 1 is 0.582 bits per heavy atom. The van der Waals surface area contributed by atoms with E-state index in [-0.39, 0.29) is 37.6 Å². The highest BCUT2D eigenvalue weighted by molar-refractivity contribution is 5.87. The van der Waals surface area contributed by atoms with E-state index >= 15 is 0 Å². The van der Waals surface area contributed by atoms with E-state index in [9.17, 15) is 19.2 Å². The van der Waals surface area contributed by atoms with Crippen molar-refractivity contribution in [2.45, 2.75) is 111 Å². The van der Waals surface area contributed by atoms with Gasteiger partial charge in [0.15, 0.2) is 12.2 Å². The summed E-state index contributed by atoms with van der Waals surface area (Å²) >= 11 is 0. The normalized spacial score (nSPS) is 12.0. The van der Waals surface area contributed by atoms with Gasteiger partial charge in [0.05, 0.1) is 0 Å². The predicted molar refractivity (Wildman–Crippen MR) is 212 cm³/mol. The summed E-state index contributed by atoms with van der Waals surface area (Å²) in [5, 5.41) is 5.49. The van der Waals surface area contributed by atoms with E-state index in [1.165, 1.54) is 0 Å². The lowest BCUT2D eigenvalue weighted by Gasteiger charge is -2.27. The van der Waals surface area contributed by atoms with Gasteiger partial charge in [0.2, 0.25) is 0 Å². The van der Waals surface area contributed by atoms with Crippen LogP contribution in [0.2, 0.25) is 0 Å². The number of amides is 2. The molecule has 2 aromatic carbocycles. The van der Waals surface area contributed by atoms with E-state index in [1.807, 2.05) is 48.5 Å². The molecule has 0 heterocycles. The Bertz CT molecular complexity index is 1390. The molecule has 0 aliphatic carbocycles. The summed E-state index contributed by atoms with van der Waals surface area (Å²) in [6, 6.07) is 15.2. The van der Waals surface area contributed by atoms with Gasteiger partial charge in [-0.2, -0.15) is 0 Å². The Hall–Kier alpha value is -5.00. The Balaban J connectivity index is 2.01. The molecule has 304 valence electrons. The van der Waals surface area contributed by atoms with Crippen LogP contribution in [0.1, 0.15) is 104 Å². The second-order valence-electron chi connectivity index (χ2n) is 14.1.